The number of amides is 2. The first-order valence-corrected chi connectivity index (χ1v) is 8.63. The van der Waals surface area contributed by atoms with E-state index in [1.54, 1.807) is 38.2 Å². The first kappa shape index (κ1) is 23.5. The molecule has 0 aliphatic heterocycles. The molecule has 0 aromatic heterocycles. The molecule has 152 valence electrons. The second-order valence-corrected chi connectivity index (χ2v) is 6.27. The number of carbonyl (C=O) groups excluding carboxylic acids is 2. The van der Waals surface area contributed by atoms with Crippen LogP contribution in [-0.2, 0) is 16.1 Å². The summed E-state index contributed by atoms with van der Waals surface area (Å²) in [6, 6.07) is 11.8. The highest BCUT2D eigenvalue weighted by atomic mass is 35.5. The Morgan fingerprint density at radius 2 is 1.64 bits per heavy atom. The molecule has 2 rings (SSSR count). The Morgan fingerprint density at radius 3 is 2.25 bits per heavy atom. The Labute approximate surface area is 169 Å². The summed E-state index contributed by atoms with van der Waals surface area (Å²) in [5, 5.41) is 5.36. The zero-order valence-corrected chi connectivity index (χ0v) is 16.6. The molecule has 2 aromatic carbocycles. The van der Waals surface area contributed by atoms with Crippen LogP contribution in [0.5, 0.6) is 0 Å². The lowest BCUT2D eigenvalue weighted by Gasteiger charge is -2.25. The van der Waals surface area contributed by atoms with Crippen molar-refractivity contribution in [1.82, 2.24) is 10.2 Å². The Hall–Kier alpha value is -2.51. The van der Waals surface area contributed by atoms with Crippen LogP contribution in [-0.4, -0.2) is 36.9 Å². The topological polar surface area (TPSA) is 61.4 Å². The summed E-state index contributed by atoms with van der Waals surface area (Å²) < 4.78 is 27.7. The molecular weight excluding hydrogens is 388 g/mol. The van der Waals surface area contributed by atoms with Crippen molar-refractivity contribution >= 4 is 29.9 Å². The average molecular weight is 412 g/mol. The van der Waals surface area contributed by atoms with Crippen LogP contribution < -0.4 is 10.6 Å². The SMILES string of the molecule is CNCC(C)C(=O)N(CC(=O)Nc1ccccc1F)Cc1ccccc1F.Cl. The zero-order valence-electron chi connectivity index (χ0n) is 15.7. The van der Waals surface area contributed by atoms with Crippen LogP contribution in [0, 0.1) is 17.6 Å². The molecule has 2 amide bonds. The highest BCUT2D eigenvalue weighted by Crippen LogP contribution is 2.15. The van der Waals surface area contributed by atoms with E-state index in [1.165, 1.54) is 29.2 Å². The van der Waals surface area contributed by atoms with E-state index in [9.17, 15) is 18.4 Å². The van der Waals surface area contributed by atoms with Crippen molar-refractivity contribution in [2.45, 2.75) is 13.5 Å². The molecule has 1 atom stereocenters. The maximum Gasteiger partial charge on any atom is 0.244 e. The van der Waals surface area contributed by atoms with Crippen LogP contribution in [0.3, 0.4) is 0 Å². The minimum Gasteiger partial charge on any atom is -0.329 e. The van der Waals surface area contributed by atoms with E-state index >= 15 is 0 Å². The molecule has 1 unspecified atom stereocenters. The Bertz CT molecular complexity index is 805. The number of para-hydroxylation sites is 1. The van der Waals surface area contributed by atoms with Gasteiger partial charge in [0, 0.05) is 24.6 Å². The van der Waals surface area contributed by atoms with E-state index in [1.807, 2.05) is 0 Å². The van der Waals surface area contributed by atoms with Crippen LogP contribution in [0.25, 0.3) is 0 Å². The Morgan fingerprint density at radius 1 is 1.04 bits per heavy atom. The molecule has 2 N–H and O–H groups in total. The minimum absolute atomic E-state index is 0. The number of hydrogen-bond acceptors (Lipinski definition) is 3. The summed E-state index contributed by atoms with van der Waals surface area (Å²) in [7, 11) is 1.72. The molecule has 0 heterocycles. The smallest absolute Gasteiger partial charge is 0.244 e. The van der Waals surface area contributed by atoms with Gasteiger partial charge in [0.05, 0.1) is 5.69 Å². The Kier molecular flexibility index (Phi) is 9.55. The maximum absolute atomic E-state index is 14.0. The van der Waals surface area contributed by atoms with E-state index in [4.69, 9.17) is 0 Å². The van der Waals surface area contributed by atoms with E-state index in [-0.39, 0.29) is 37.1 Å². The molecule has 0 fully saturated rings. The fourth-order valence-corrected chi connectivity index (χ4v) is 2.67. The summed E-state index contributed by atoms with van der Waals surface area (Å²) >= 11 is 0. The molecule has 0 bridgehead atoms. The van der Waals surface area contributed by atoms with Crippen molar-refractivity contribution in [2.75, 3.05) is 25.5 Å². The van der Waals surface area contributed by atoms with Gasteiger partial charge in [-0.25, -0.2) is 8.78 Å². The molecule has 0 saturated carbocycles. The van der Waals surface area contributed by atoms with Gasteiger partial charge in [0.25, 0.3) is 0 Å². The lowest BCUT2D eigenvalue weighted by atomic mass is 10.1. The molecule has 0 spiro atoms. The molecule has 0 radical (unpaired) electrons. The number of halogens is 3. The molecule has 5 nitrogen and oxygen atoms in total. The molecule has 2 aromatic rings. The van der Waals surface area contributed by atoms with Gasteiger partial charge in [-0.05, 0) is 25.2 Å². The standard InChI is InChI=1S/C20H23F2N3O2.ClH/c1-14(11-23-2)20(27)25(12-15-7-3-4-8-16(15)21)13-19(26)24-18-10-6-5-9-17(18)22;/h3-10,14,23H,11-13H2,1-2H3,(H,24,26);1H. The zero-order chi connectivity index (χ0) is 19.8. The molecule has 0 saturated heterocycles. The van der Waals surface area contributed by atoms with Crippen molar-refractivity contribution in [1.29, 1.82) is 0 Å². The van der Waals surface area contributed by atoms with Gasteiger partial charge in [0.2, 0.25) is 11.8 Å². The predicted octanol–water partition coefficient (Wildman–Crippen LogP) is 3.21. The van der Waals surface area contributed by atoms with Gasteiger partial charge in [-0.2, -0.15) is 0 Å². The Balaban J connectivity index is 0.00000392. The second kappa shape index (κ2) is 11.4. The predicted molar refractivity (Wildman–Crippen MR) is 107 cm³/mol. The lowest BCUT2D eigenvalue weighted by Crippen LogP contribution is -2.42. The normalized spacial score (nSPS) is 11.3. The second-order valence-electron chi connectivity index (χ2n) is 6.27. The summed E-state index contributed by atoms with van der Waals surface area (Å²) in [6.45, 7) is 1.78. The summed E-state index contributed by atoms with van der Waals surface area (Å²) in [5.74, 6) is -2.27. The molecule has 0 aliphatic rings. The average Bonchev–Trinajstić information content (AvgIpc) is 2.64. The van der Waals surface area contributed by atoms with Gasteiger partial charge < -0.3 is 15.5 Å². The number of hydrogen-bond donors (Lipinski definition) is 2. The van der Waals surface area contributed by atoms with Crippen molar-refractivity contribution in [3.8, 4) is 0 Å². The van der Waals surface area contributed by atoms with E-state index < -0.39 is 23.5 Å². The van der Waals surface area contributed by atoms with Gasteiger partial charge >= 0.3 is 0 Å². The number of anilines is 1. The molecule has 28 heavy (non-hydrogen) atoms. The number of rotatable bonds is 8. The first-order chi connectivity index (χ1) is 12.9. The largest absolute Gasteiger partial charge is 0.329 e. The fourth-order valence-electron chi connectivity index (χ4n) is 2.67. The third-order valence-electron chi connectivity index (χ3n) is 4.05. The van der Waals surface area contributed by atoms with Gasteiger partial charge in [0.15, 0.2) is 0 Å². The van der Waals surface area contributed by atoms with Crippen LogP contribution >= 0.6 is 12.4 Å². The lowest BCUT2D eigenvalue weighted by molar-refractivity contribution is -0.138. The number of nitrogens with one attached hydrogen (secondary N) is 2. The monoisotopic (exact) mass is 411 g/mol. The number of benzene rings is 2. The summed E-state index contributed by atoms with van der Waals surface area (Å²) in [5.41, 5.74) is 0.338. The number of nitrogens with zero attached hydrogens (tertiary/aromatic N) is 1. The minimum atomic E-state index is -0.568. The van der Waals surface area contributed by atoms with Crippen LogP contribution in [0.1, 0.15) is 12.5 Å². The van der Waals surface area contributed by atoms with E-state index in [2.05, 4.69) is 10.6 Å². The third-order valence-corrected chi connectivity index (χ3v) is 4.05. The first-order valence-electron chi connectivity index (χ1n) is 8.63. The van der Waals surface area contributed by atoms with Crippen molar-refractivity contribution in [3.05, 3.63) is 65.7 Å². The van der Waals surface area contributed by atoms with Crippen molar-refractivity contribution in [3.63, 3.8) is 0 Å². The van der Waals surface area contributed by atoms with Gasteiger partial charge in [0.1, 0.15) is 18.2 Å². The molecule has 0 aliphatic carbocycles. The van der Waals surface area contributed by atoms with E-state index in [0.29, 0.717) is 12.1 Å². The van der Waals surface area contributed by atoms with Gasteiger partial charge in [-0.15, -0.1) is 12.4 Å². The van der Waals surface area contributed by atoms with Crippen LogP contribution in [0.15, 0.2) is 48.5 Å². The van der Waals surface area contributed by atoms with Crippen LogP contribution in [0.2, 0.25) is 0 Å². The quantitative estimate of drug-likeness (QED) is 0.701. The summed E-state index contributed by atoms with van der Waals surface area (Å²) in [6.07, 6.45) is 0. The van der Waals surface area contributed by atoms with Crippen molar-refractivity contribution in [2.24, 2.45) is 5.92 Å². The maximum atomic E-state index is 14.0. The van der Waals surface area contributed by atoms with Gasteiger partial charge in [-0.3, -0.25) is 9.59 Å². The fraction of sp³-hybridized carbons (Fsp3) is 0.300. The third kappa shape index (κ3) is 6.58. The van der Waals surface area contributed by atoms with E-state index in [0.717, 1.165) is 0 Å². The molecular formula is C20H24ClF2N3O2. The number of carbonyl (C=O) groups is 2. The molecule has 8 heteroatoms. The highest BCUT2D eigenvalue weighted by Gasteiger charge is 2.23. The van der Waals surface area contributed by atoms with Crippen LogP contribution in [0.4, 0.5) is 14.5 Å². The van der Waals surface area contributed by atoms with Gasteiger partial charge in [-0.1, -0.05) is 37.3 Å². The highest BCUT2D eigenvalue weighted by molar-refractivity contribution is 5.94. The summed E-state index contributed by atoms with van der Waals surface area (Å²) in [4.78, 5) is 26.3. The van der Waals surface area contributed by atoms with Crippen molar-refractivity contribution < 1.29 is 18.4 Å².